The molecule has 64 valence electrons. The molecule has 0 radical (unpaired) electrons. The summed E-state index contributed by atoms with van der Waals surface area (Å²) in [6.07, 6.45) is 4.08. The molecule has 0 bridgehead atoms. The summed E-state index contributed by atoms with van der Waals surface area (Å²) in [4.78, 5) is 4.35. The van der Waals surface area contributed by atoms with Gasteiger partial charge in [0, 0.05) is 5.71 Å². The summed E-state index contributed by atoms with van der Waals surface area (Å²) in [7, 11) is 1.90. The molecular weight excluding hydrogens is 136 g/mol. The van der Waals surface area contributed by atoms with Crippen LogP contribution < -0.4 is 5.32 Å². The van der Waals surface area contributed by atoms with Gasteiger partial charge < -0.3 is 5.32 Å². The van der Waals surface area contributed by atoms with Gasteiger partial charge in [-0.3, -0.25) is 4.99 Å². The van der Waals surface area contributed by atoms with Gasteiger partial charge in [-0.25, -0.2) is 0 Å². The highest BCUT2D eigenvalue weighted by Gasteiger charge is 1.98. The first-order chi connectivity index (χ1) is 5.22. The van der Waals surface area contributed by atoms with Crippen LogP contribution in [0.25, 0.3) is 0 Å². The Morgan fingerprint density at radius 2 is 2.18 bits per heavy atom. The van der Waals surface area contributed by atoms with E-state index in [0.717, 1.165) is 5.71 Å². The van der Waals surface area contributed by atoms with Crippen LogP contribution in [0.4, 0.5) is 0 Å². The first-order valence-corrected chi connectivity index (χ1v) is 4.04. The molecule has 0 aliphatic carbocycles. The van der Waals surface area contributed by atoms with Crippen molar-refractivity contribution in [2.45, 2.75) is 20.8 Å². The maximum atomic E-state index is 4.35. The first kappa shape index (κ1) is 10.4. The molecule has 1 N–H and O–H groups in total. The van der Waals surface area contributed by atoms with E-state index in [1.165, 1.54) is 0 Å². The maximum absolute atomic E-state index is 4.35. The van der Waals surface area contributed by atoms with Crippen LogP contribution in [0.1, 0.15) is 20.8 Å². The smallest absolute Gasteiger partial charge is 0.0885 e. The molecule has 0 aliphatic rings. The number of rotatable bonds is 4. The molecule has 0 aromatic rings. The largest absolute Gasteiger partial charge is 0.301 e. The highest BCUT2D eigenvalue weighted by molar-refractivity contribution is 5.96. The van der Waals surface area contributed by atoms with Crippen molar-refractivity contribution in [3.05, 3.63) is 12.2 Å². The molecule has 0 aromatic carbocycles. The van der Waals surface area contributed by atoms with E-state index in [-0.39, 0.29) is 0 Å². The van der Waals surface area contributed by atoms with Crippen LogP contribution in [0.15, 0.2) is 17.1 Å². The fraction of sp³-hybridized carbons (Fsp3) is 0.667. The lowest BCUT2D eigenvalue weighted by atomic mass is 10.1. The Bertz CT molecular complexity index is 146. The highest BCUT2D eigenvalue weighted by Crippen LogP contribution is 1.98. The summed E-state index contributed by atoms with van der Waals surface area (Å²) < 4.78 is 0. The third-order valence-corrected chi connectivity index (χ3v) is 1.35. The maximum Gasteiger partial charge on any atom is 0.0885 e. The highest BCUT2D eigenvalue weighted by atomic mass is 15.0. The Hall–Kier alpha value is -0.630. The lowest BCUT2D eigenvalue weighted by molar-refractivity contribution is 0.808. The summed E-state index contributed by atoms with van der Waals surface area (Å²) in [6.45, 7) is 7.01. The molecule has 11 heavy (non-hydrogen) atoms. The predicted octanol–water partition coefficient (Wildman–Crippen LogP) is 1.84. The van der Waals surface area contributed by atoms with Gasteiger partial charge in [0.25, 0.3) is 0 Å². The molecule has 0 aromatic heterocycles. The number of aliphatic imine (C=N–C) groups is 1. The van der Waals surface area contributed by atoms with Crippen molar-refractivity contribution in [2.24, 2.45) is 10.9 Å². The van der Waals surface area contributed by atoms with E-state index in [1.54, 1.807) is 0 Å². The van der Waals surface area contributed by atoms with Crippen LogP contribution in [0, 0.1) is 5.92 Å². The molecule has 2 nitrogen and oxygen atoms in total. The van der Waals surface area contributed by atoms with Crippen molar-refractivity contribution in [3.63, 3.8) is 0 Å². The van der Waals surface area contributed by atoms with Crippen molar-refractivity contribution in [1.82, 2.24) is 5.32 Å². The molecular formula is C9H18N2. The van der Waals surface area contributed by atoms with Crippen molar-refractivity contribution in [1.29, 1.82) is 0 Å². The van der Waals surface area contributed by atoms with E-state index >= 15 is 0 Å². The molecule has 0 aliphatic heterocycles. The van der Waals surface area contributed by atoms with Crippen LogP contribution in [0.2, 0.25) is 0 Å². The second-order valence-corrected chi connectivity index (χ2v) is 2.75. The van der Waals surface area contributed by atoms with Crippen LogP contribution in [0.5, 0.6) is 0 Å². The quantitative estimate of drug-likeness (QED) is 0.614. The Morgan fingerprint density at radius 3 is 2.55 bits per heavy atom. The van der Waals surface area contributed by atoms with Crippen molar-refractivity contribution in [3.8, 4) is 0 Å². The van der Waals surface area contributed by atoms with E-state index < -0.39 is 0 Å². The van der Waals surface area contributed by atoms with E-state index in [2.05, 4.69) is 30.2 Å². The predicted molar refractivity (Wildman–Crippen MR) is 51.0 cm³/mol. The van der Waals surface area contributed by atoms with E-state index in [0.29, 0.717) is 12.6 Å². The van der Waals surface area contributed by atoms with Crippen molar-refractivity contribution in [2.75, 3.05) is 13.7 Å². The molecule has 0 rings (SSSR count). The molecule has 0 unspecified atom stereocenters. The van der Waals surface area contributed by atoms with E-state index in [4.69, 9.17) is 0 Å². The summed E-state index contributed by atoms with van der Waals surface area (Å²) in [5, 5.41) is 2.99. The molecule has 0 atom stereocenters. The zero-order chi connectivity index (χ0) is 8.69. The van der Waals surface area contributed by atoms with Gasteiger partial charge in [0.05, 0.1) is 6.67 Å². The Labute approximate surface area is 69.4 Å². The Balaban J connectivity index is 4.08. The van der Waals surface area contributed by atoms with Crippen molar-refractivity contribution < 1.29 is 0 Å². The molecule has 0 fully saturated rings. The standard InChI is InChI=1S/C9H18N2/c1-5-6-9(8(2)3)11-7-10-4/h5-6,8,10H,7H2,1-4H3/b6-5-,11-9?. The summed E-state index contributed by atoms with van der Waals surface area (Å²) in [5.74, 6) is 0.513. The molecule has 0 saturated carbocycles. The summed E-state index contributed by atoms with van der Waals surface area (Å²) >= 11 is 0. The SMILES string of the molecule is C/C=C\C(=NCNC)C(C)C. The van der Waals surface area contributed by atoms with Crippen LogP contribution in [0.3, 0.4) is 0 Å². The van der Waals surface area contributed by atoms with E-state index in [1.807, 2.05) is 20.0 Å². The zero-order valence-corrected chi connectivity index (χ0v) is 7.89. The number of nitrogens with zero attached hydrogens (tertiary/aromatic N) is 1. The third-order valence-electron chi connectivity index (χ3n) is 1.35. The van der Waals surface area contributed by atoms with Gasteiger partial charge in [-0.15, -0.1) is 0 Å². The number of nitrogens with one attached hydrogen (secondary N) is 1. The minimum absolute atomic E-state index is 0.513. The minimum Gasteiger partial charge on any atom is -0.301 e. The van der Waals surface area contributed by atoms with Gasteiger partial charge in [-0.1, -0.05) is 19.9 Å². The molecule has 0 amide bonds. The molecule has 2 heteroatoms. The molecule has 0 spiro atoms. The normalized spacial score (nSPS) is 13.4. The monoisotopic (exact) mass is 154 g/mol. The van der Waals surface area contributed by atoms with Crippen LogP contribution in [-0.4, -0.2) is 19.4 Å². The first-order valence-electron chi connectivity index (χ1n) is 4.04. The average Bonchev–Trinajstić information content (AvgIpc) is 1.97. The second-order valence-electron chi connectivity index (χ2n) is 2.75. The second kappa shape index (κ2) is 6.10. The fourth-order valence-corrected chi connectivity index (χ4v) is 0.769. The lowest BCUT2D eigenvalue weighted by Gasteiger charge is -2.04. The topological polar surface area (TPSA) is 24.4 Å². The third kappa shape index (κ3) is 4.73. The van der Waals surface area contributed by atoms with Crippen LogP contribution in [-0.2, 0) is 0 Å². The van der Waals surface area contributed by atoms with Gasteiger partial charge in [0.1, 0.15) is 0 Å². The summed E-state index contributed by atoms with van der Waals surface area (Å²) in [6, 6.07) is 0. The fourth-order valence-electron chi connectivity index (χ4n) is 0.769. The molecule has 0 heterocycles. The average molecular weight is 154 g/mol. The number of hydrogen-bond donors (Lipinski definition) is 1. The zero-order valence-electron chi connectivity index (χ0n) is 7.89. The number of allylic oxidation sites excluding steroid dienone is 2. The Kier molecular flexibility index (Phi) is 5.75. The Morgan fingerprint density at radius 1 is 1.55 bits per heavy atom. The lowest BCUT2D eigenvalue weighted by Crippen LogP contribution is -2.11. The van der Waals surface area contributed by atoms with Crippen molar-refractivity contribution >= 4 is 5.71 Å². The molecule has 0 saturated heterocycles. The van der Waals surface area contributed by atoms with Gasteiger partial charge in [0.15, 0.2) is 0 Å². The van der Waals surface area contributed by atoms with Gasteiger partial charge in [-0.2, -0.15) is 0 Å². The van der Waals surface area contributed by atoms with E-state index in [9.17, 15) is 0 Å². The van der Waals surface area contributed by atoms with Gasteiger partial charge in [-0.05, 0) is 26.0 Å². The van der Waals surface area contributed by atoms with Gasteiger partial charge in [0.2, 0.25) is 0 Å². The van der Waals surface area contributed by atoms with Crippen LogP contribution >= 0.6 is 0 Å². The summed E-state index contributed by atoms with van der Waals surface area (Å²) in [5.41, 5.74) is 1.15. The number of hydrogen-bond acceptors (Lipinski definition) is 2. The van der Waals surface area contributed by atoms with Gasteiger partial charge >= 0.3 is 0 Å². The minimum atomic E-state index is 0.513.